The average molecular weight is 387 g/mol. The van der Waals surface area contributed by atoms with E-state index in [4.69, 9.17) is 19.6 Å². The van der Waals surface area contributed by atoms with Crippen LogP contribution >= 0.6 is 0 Å². The van der Waals surface area contributed by atoms with Gasteiger partial charge < -0.3 is 30.3 Å². The number of carbonyl (C=O) groups excluding carboxylic acids is 3. The summed E-state index contributed by atoms with van der Waals surface area (Å²) in [6, 6.07) is 1.71. The van der Waals surface area contributed by atoms with Gasteiger partial charge in [-0.05, 0) is 19.1 Å². The van der Waals surface area contributed by atoms with E-state index in [0.29, 0.717) is 5.76 Å². The molecule has 146 valence electrons. The first-order valence-corrected chi connectivity index (χ1v) is 8.26. The zero-order chi connectivity index (χ0) is 20.1. The minimum atomic E-state index is -0.905. The van der Waals surface area contributed by atoms with Crippen molar-refractivity contribution < 1.29 is 28.3 Å². The molecule has 28 heavy (non-hydrogen) atoms. The number of furan rings is 1. The number of hydrogen-bond acceptors (Lipinski definition) is 9. The van der Waals surface area contributed by atoms with Crippen LogP contribution in [0.15, 0.2) is 46.5 Å². The van der Waals surface area contributed by atoms with Crippen LogP contribution in [0.5, 0.6) is 0 Å². The van der Waals surface area contributed by atoms with E-state index in [9.17, 15) is 14.4 Å². The SMILES string of the molecule is CCOC(=O)C1=C(COC(=O)c2nccnc2N)NC(=O)NC1c1ccco1. The van der Waals surface area contributed by atoms with E-state index in [1.165, 1.54) is 18.7 Å². The lowest BCUT2D eigenvalue weighted by molar-refractivity contribution is -0.139. The van der Waals surface area contributed by atoms with Crippen LogP contribution in [-0.2, 0) is 14.3 Å². The molecule has 2 aromatic heterocycles. The molecule has 11 nitrogen and oxygen atoms in total. The smallest absolute Gasteiger partial charge is 0.361 e. The minimum Gasteiger partial charge on any atom is -0.467 e. The molecule has 0 spiro atoms. The molecule has 0 bridgehead atoms. The van der Waals surface area contributed by atoms with Crippen molar-refractivity contribution in [1.82, 2.24) is 20.6 Å². The highest BCUT2D eigenvalue weighted by Crippen LogP contribution is 2.28. The van der Waals surface area contributed by atoms with Gasteiger partial charge >= 0.3 is 18.0 Å². The molecule has 0 radical (unpaired) electrons. The van der Waals surface area contributed by atoms with E-state index in [-0.39, 0.29) is 29.4 Å². The monoisotopic (exact) mass is 387 g/mol. The minimum absolute atomic E-state index is 0.0521. The van der Waals surface area contributed by atoms with Gasteiger partial charge in [-0.3, -0.25) is 0 Å². The molecule has 3 rings (SSSR count). The third-order valence-electron chi connectivity index (χ3n) is 3.74. The predicted octanol–water partition coefficient (Wildman–Crippen LogP) is 0.680. The number of amides is 2. The second-order valence-electron chi connectivity index (χ2n) is 5.53. The molecule has 1 unspecified atom stereocenters. The first-order valence-electron chi connectivity index (χ1n) is 8.26. The summed E-state index contributed by atoms with van der Waals surface area (Å²) in [5.41, 5.74) is 5.53. The zero-order valence-corrected chi connectivity index (χ0v) is 14.8. The maximum Gasteiger partial charge on any atom is 0.361 e. The highest BCUT2D eigenvalue weighted by atomic mass is 16.5. The summed E-state index contributed by atoms with van der Waals surface area (Å²) in [6.07, 6.45) is 4.02. The Morgan fingerprint density at radius 3 is 2.71 bits per heavy atom. The normalized spacial score (nSPS) is 16.2. The quantitative estimate of drug-likeness (QED) is 0.606. The molecule has 11 heteroatoms. The summed E-state index contributed by atoms with van der Waals surface area (Å²) in [7, 11) is 0. The molecule has 0 saturated heterocycles. The zero-order valence-electron chi connectivity index (χ0n) is 14.8. The van der Waals surface area contributed by atoms with Crippen molar-refractivity contribution in [1.29, 1.82) is 0 Å². The van der Waals surface area contributed by atoms with Crippen LogP contribution in [0.2, 0.25) is 0 Å². The number of carbonyl (C=O) groups is 3. The van der Waals surface area contributed by atoms with E-state index in [0.717, 1.165) is 0 Å². The molecule has 0 fully saturated rings. The van der Waals surface area contributed by atoms with E-state index < -0.39 is 30.6 Å². The van der Waals surface area contributed by atoms with Crippen molar-refractivity contribution in [3.63, 3.8) is 0 Å². The number of nitrogens with one attached hydrogen (secondary N) is 2. The van der Waals surface area contributed by atoms with Gasteiger partial charge in [-0.2, -0.15) is 0 Å². The van der Waals surface area contributed by atoms with Crippen molar-refractivity contribution in [3.8, 4) is 0 Å². The van der Waals surface area contributed by atoms with Crippen molar-refractivity contribution in [2.75, 3.05) is 18.9 Å². The van der Waals surface area contributed by atoms with E-state index in [1.54, 1.807) is 19.1 Å². The number of nitrogens with zero attached hydrogens (tertiary/aromatic N) is 2. The summed E-state index contributed by atoms with van der Waals surface area (Å²) in [5, 5.41) is 5.04. The van der Waals surface area contributed by atoms with E-state index >= 15 is 0 Å². The number of nitrogens with two attached hydrogens (primary N) is 1. The Balaban J connectivity index is 1.90. The van der Waals surface area contributed by atoms with E-state index in [1.807, 2.05) is 0 Å². The molecule has 1 atom stereocenters. The topological polar surface area (TPSA) is 159 Å². The van der Waals surface area contributed by atoms with Gasteiger partial charge in [-0.25, -0.2) is 24.4 Å². The predicted molar refractivity (Wildman–Crippen MR) is 93.5 cm³/mol. The number of nitrogen functional groups attached to an aromatic ring is 1. The second-order valence-corrected chi connectivity index (χ2v) is 5.53. The number of urea groups is 1. The summed E-state index contributed by atoms with van der Waals surface area (Å²) >= 11 is 0. The van der Waals surface area contributed by atoms with Gasteiger partial charge in [0.25, 0.3) is 0 Å². The number of hydrogen-bond donors (Lipinski definition) is 3. The summed E-state index contributed by atoms with van der Waals surface area (Å²) in [6.45, 7) is 1.34. The van der Waals surface area contributed by atoms with Gasteiger partial charge in [-0.15, -0.1) is 0 Å². The Kier molecular flexibility index (Phi) is 5.53. The molecule has 0 saturated carbocycles. The first kappa shape index (κ1) is 18.9. The molecular formula is C17H17N5O6. The van der Waals surface area contributed by atoms with Crippen molar-refractivity contribution >= 4 is 23.8 Å². The molecule has 0 aromatic carbocycles. The fourth-order valence-corrected chi connectivity index (χ4v) is 2.56. The third kappa shape index (κ3) is 3.92. The van der Waals surface area contributed by atoms with Gasteiger partial charge in [0.1, 0.15) is 18.4 Å². The van der Waals surface area contributed by atoms with Crippen LogP contribution in [0.1, 0.15) is 29.2 Å². The van der Waals surface area contributed by atoms with Gasteiger partial charge in [0.05, 0.1) is 24.1 Å². The number of rotatable bonds is 6. The Bertz CT molecular complexity index is 924. The Labute approximate surface area is 158 Å². The molecule has 2 aromatic rings. The van der Waals surface area contributed by atoms with Crippen LogP contribution < -0.4 is 16.4 Å². The molecule has 4 N–H and O–H groups in total. The summed E-state index contributed by atoms with van der Waals surface area (Å²) in [5.74, 6) is -1.33. The van der Waals surface area contributed by atoms with Gasteiger partial charge in [-0.1, -0.05) is 0 Å². The van der Waals surface area contributed by atoms with Crippen molar-refractivity contribution in [2.45, 2.75) is 13.0 Å². The number of ether oxygens (including phenoxy) is 2. The maximum atomic E-state index is 12.5. The second kappa shape index (κ2) is 8.20. The fraction of sp³-hybridized carbons (Fsp3) is 0.235. The van der Waals surface area contributed by atoms with Gasteiger partial charge in [0.15, 0.2) is 11.5 Å². The Hall–Kier alpha value is -3.89. The fourth-order valence-electron chi connectivity index (χ4n) is 2.56. The Morgan fingerprint density at radius 2 is 2.04 bits per heavy atom. The third-order valence-corrected chi connectivity index (χ3v) is 3.74. The summed E-state index contributed by atoms with van der Waals surface area (Å²) < 4.78 is 15.5. The van der Waals surface area contributed by atoms with Crippen LogP contribution in [0.4, 0.5) is 10.6 Å². The lowest BCUT2D eigenvalue weighted by Gasteiger charge is -2.27. The highest BCUT2D eigenvalue weighted by molar-refractivity contribution is 5.95. The highest BCUT2D eigenvalue weighted by Gasteiger charge is 2.35. The molecule has 1 aliphatic heterocycles. The van der Waals surface area contributed by atoms with E-state index in [2.05, 4.69) is 20.6 Å². The van der Waals surface area contributed by atoms with Crippen LogP contribution in [0.3, 0.4) is 0 Å². The van der Waals surface area contributed by atoms with Gasteiger partial charge in [0, 0.05) is 12.4 Å². The molecule has 3 heterocycles. The standard InChI is InChI=1S/C17H17N5O6/c1-2-26-15(23)11-9(8-28-16(24)13-14(18)20-6-5-19-13)21-17(25)22-12(11)10-4-3-7-27-10/h3-7,12H,2,8H2,1H3,(H2,18,20)(H2,21,22,25). The first-order chi connectivity index (χ1) is 13.5. The lowest BCUT2D eigenvalue weighted by atomic mass is 10.0. The average Bonchev–Trinajstić information content (AvgIpc) is 3.20. The maximum absolute atomic E-state index is 12.5. The number of aromatic nitrogens is 2. The largest absolute Gasteiger partial charge is 0.467 e. The lowest BCUT2D eigenvalue weighted by Crippen LogP contribution is -2.47. The van der Waals surface area contributed by atoms with Crippen molar-refractivity contribution in [2.24, 2.45) is 0 Å². The summed E-state index contributed by atoms with van der Waals surface area (Å²) in [4.78, 5) is 44.3. The van der Waals surface area contributed by atoms with Crippen LogP contribution in [-0.4, -0.2) is 41.2 Å². The number of anilines is 1. The molecular weight excluding hydrogens is 370 g/mol. The molecule has 1 aliphatic rings. The van der Waals surface area contributed by atoms with Crippen LogP contribution in [0, 0.1) is 0 Å². The van der Waals surface area contributed by atoms with Crippen molar-refractivity contribution in [3.05, 3.63) is 53.5 Å². The molecule has 0 aliphatic carbocycles. The van der Waals surface area contributed by atoms with Crippen LogP contribution in [0.25, 0.3) is 0 Å². The number of esters is 2. The molecule has 2 amide bonds. The Morgan fingerprint density at radius 1 is 1.25 bits per heavy atom. The van der Waals surface area contributed by atoms with Gasteiger partial charge in [0.2, 0.25) is 0 Å².